The van der Waals surface area contributed by atoms with Crippen LogP contribution in [0.1, 0.15) is 15.9 Å². The second kappa shape index (κ2) is 6.06. The minimum atomic E-state index is -0.462. The molecule has 0 aliphatic carbocycles. The average Bonchev–Trinajstić information content (AvgIpc) is 2.80. The fourth-order valence-electron chi connectivity index (χ4n) is 3.00. The van der Waals surface area contributed by atoms with Crippen molar-refractivity contribution in [2.24, 2.45) is 0 Å². The van der Waals surface area contributed by atoms with E-state index in [4.69, 9.17) is 9.47 Å². The van der Waals surface area contributed by atoms with Crippen LogP contribution in [-0.4, -0.2) is 63.1 Å². The summed E-state index contributed by atoms with van der Waals surface area (Å²) >= 11 is 0. The average molecular weight is 304 g/mol. The van der Waals surface area contributed by atoms with Crippen LogP contribution in [0.4, 0.5) is 5.69 Å². The van der Waals surface area contributed by atoms with Gasteiger partial charge < -0.3 is 14.4 Å². The van der Waals surface area contributed by atoms with E-state index in [1.807, 2.05) is 19.1 Å². The van der Waals surface area contributed by atoms with E-state index in [1.54, 1.807) is 12.0 Å². The summed E-state index contributed by atoms with van der Waals surface area (Å²) in [6, 6.07) is 3.62. The summed E-state index contributed by atoms with van der Waals surface area (Å²) in [7, 11) is 1.55. The number of Topliss-reactive ketones (excluding diaryl/α,β-unsaturated/α-hetero) is 1. The van der Waals surface area contributed by atoms with Crippen LogP contribution in [0.25, 0.3) is 0 Å². The Morgan fingerprint density at radius 3 is 2.59 bits per heavy atom. The molecule has 2 aliphatic rings. The summed E-state index contributed by atoms with van der Waals surface area (Å²) in [5, 5.41) is 0. The number of anilines is 1. The van der Waals surface area contributed by atoms with Crippen molar-refractivity contribution in [2.75, 3.05) is 51.4 Å². The van der Waals surface area contributed by atoms with Crippen molar-refractivity contribution in [1.29, 1.82) is 0 Å². The molecule has 0 N–H and O–H groups in total. The normalized spacial score (nSPS) is 18.7. The molecule has 0 aromatic heterocycles. The van der Waals surface area contributed by atoms with Crippen LogP contribution < -0.4 is 9.64 Å². The van der Waals surface area contributed by atoms with Gasteiger partial charge in [0, 0.05) is 26.2 Å². The van der Waals surface area contributed by atoms with Crippen molar-refractivity contribution in [3.63, 3.8) is 0 Å². The lowest BCUT2D eigenvalue weighted by Gasteiger charge is -2.28. The van der Waals surface area contributed by atoms with Crippen LogP contribution in [0.15, 0.2) is 12.1 Å². The Balaban J connectivity index is 1.85. The first-order chi connectivity index (χ1) is 10.6. The summed E-state index contributed by atoms with van der Waals surface area (Å²) in [5.41, 5.74) is 1.90. The topological polar surface area (TPSA) is 59.1 Å². The molecule has 1 aromatic carbocycles. The molecule has 2 aliphatic heterocycles. The highest BCUT2D eigenvalue weighted by Crippen LogP contribution is 2.39. The van der Waals surface area contributed by atoms with Crippen molar-refractivity contribution in [1.82, 2.24) is 4.90 Å². The molecule has 0 bridgehead atoms. The molecule has 1 fully saturated rings. The number of aryl methyl sites for hydroxylation is 1. The van der Waals surface area contributed by atoms with Gasteiger partial charge in [-0.2, -0.15) is 0 Å². The van der Waals surface area contributed by atoms with Gasteiger partial charge in [-0.3, -0.25) is 14.5 Å². The lowest BCUT2D eigenvalue weighted by molar-refractivity contribution is -0.114. The first-order valence-electron chi connectivity index (χ1n) is 7.47. The number of ether oxygens (including phenoxy) is 2. The largest absolute Gasteiger partial charge is 0.495 e. The summed E-state index contributed by atoms with van der Waals surface area (Å²) in [5.74, 6) is -0.328. The van der Waals surface area contributed by atoms with Crippen LogP contribution >= 0.6 is 0 Å². The summed E-state index contributed by atoms with van der Waals surface area (Å²) < 4.78 is 10.7. The summed E-state index contributed by atoms with van der Waals surface area (Å²) in [6.07, 6.45) is 0. The molecule has 6 heteroatoms. The molecule has 2 heterocycles. The molecule has 0 atom stereocenters. The van der Waals surface area contributed by atoms with Crippen LogP contribution in [0.3, 0.4) is 0 Å². The van der Waals surface area contributed by atoms with Gasteiger partial charge in [0.25, 0.3) is 11.7 Å². The van der Waals surface area contributed by atoms with Crippen molar-refractivity contribution < 1.29 is 19.1 Å². The van der Waals surface area contributed by atoms with Crippen LogP contribution in [-0.2, 0) is 9.53 Å². The Labute approximate surface area is 129 Å². The lowest BCUT2D eigenvalue weighted by atomic mass is 10.0. The van der Waals surface area contributed by atoms with E-state index in [0.717, 1.165) is 25.2 Å². The Morgan fingerprint density at radius 2 is 1.91 bits per heavy atom. The number of fused-ring (bicyclic) bond motifs is 1. The first kappa shape index (κ1) is 15.0. The predicted octanol–water partition coefficient (Wildman–Crippen LogP) is 0.865. The second-order valence-corrected chi connectivity index (χ2v) is 5.55. The zero-order valence-corrected chi connectivity index (χ0v) is 12.9. The smallest absolute Gasteiger partial charge is 0.299 e. The Bertz CT molecular complexity index is 608. The van der Waals surface area contributed by atoms with Crippen molar-refractivity contribution >= 4 is 17.4 Å². The maximum Gasteiger partial charge on any atom is 0.299 e. The third kappa shape index (κ3) is 2.48. The molecule has 1 saturated heterocycles. The van der Waals surface area contributed by atoms with Gasteiger partial charge in [-0.15, -0.1) is 0 Å². The van der Waals surface area contributed by atoms with Crippen LogP contribution in [0, 0.1) is 6.92 Å². The number of benzene rings is 1. The summed E-state index contributed by atoms with van der Waals surface area (Å²) in [4.78, 5) is 28.4. The maximum atomic E-state index is 12.3. The van der Waals surface area contributed by atoms with E-state index in [9.17, 15) is 9.59 Å². The maximum absolute atomic E-state index is 12.3. The molecule has 0 saturated carbocycles. The molecule has 3 rings (SSSR count). The predicted molar refractivity (Wildman–Crippen MR) is 81.7 cm³/mol. The number of nitrogens with zero attached hydrogens (tertiary/aromatic N) is 2. The SMILES string of the molecule is COc1ccc(C)c2c1N(CCN1CCOCC1)C(=O)C2=O. The lowest BCUT2D eigenvalue weighted by Crippen LogP contribution is -2.42. The number of carbonyl (C=O) groups is 2. The first-order valence-corrected chi connectivity index (χ1v) is 7.47. The third-order valence-electron chi connectivity index (χ3n) is 4.25. The minimum Gasteiger partial charge on any atom is -0.495 e. The molecule has 0 unspecified atom stereocenters. The molecule has 118 valence electrons. The molecular weight excluding hydrogens is 284 g/mol. The van der Waals surface area contributed by atoms with Gasteiger partial charge in [0.15, 0.2) is 0 Å². The molecule has 22 heavy (non-hydrogen) atoms. The molecule has 1 aromatic rings. The number of hydrogen-bond donors (Lipinski definition) is 0. The minimum absolute atomic E-state index is 0.437. The quantitative estimate of drug-likeness (QED) is 0.772. The van der Waals surface area contributed by atoms with E-state index in [-0.39, 0.29) is 0 Å². The Kier molecular flexibility index (Phi) is 4.13. The number of hydrogen-bond acceptors (Lipinski definition) is 5. The summed E-state index contributed by atoms with van der Waals surface area (Å²) in [6.45, 7) is 6.19. The second-order valence-electron chi connectivity index (χ2n) is 5.55. The number of morpholine rings is 1. The fourth-order valence-corrected chi connectivity index (χ4v) is 3.00. The van der Waals surface area contributed by atoms with E-state index in [1.165, 1.54) is 0 Å². The highest BCUT2D eigenvalue weighted by molar-refractivity contribution is 6.53. The number of amides is 1. The highest BCUT2D eigenvalue weighted by atomic mass is 16.5. The Morgan fingerprint density at radius 1 is 1.18 bits per heavy atom. The fraction of sp³-hybridized carbons (Fsp3) is 0.500. The highest BCUT2D eigenvalue weighted by Gasteiger charge is 2.39. The van der Waals surface area contributed by atoms with Crippen molar-refractivity contribution in [3.05, 3.63) is 23.3 Å². The van der Waals surface area contributed by atoms with Crippen LogP contribution in [0.2, 0.25) is 0 Å². The molecule has 0 spiro atoms. The van der Waals surface area contributed by atoms with E-state index < -0.39 is 11.7 Å². The standard InChI is InChI=1S/C16H20N2O4/c1-11-3-4-12(21-2)14-13(11)15(19)16(20)18(14)6-5-17-7-9-22-10-8-17/h3-4H,5-10H2,1-2H3. The van der Waals surface area contributed by atoms with Gasteiger partial charge in [0.2, 0.25) is 0 Å². The van der Waals surface area contributed by atoms with E-state index in [0.29, 0.717) is 36.8 Å². The monoisotopic (exact) mass is 304 g/mol. The van der Waals surface area contributed by atoms with E-state index in [2.05, 4.69) is 4.90 Å². The molecule has 1 amide bonds. The number of ketones is 1. The van der Waals surface area contributed by atoms with Crippen molar-refractivity contribution in [2.45, 2.75) is 6.92 Å². The molecular formula is C16H20N2O4. The van der Waals surface area contributed by atoms with Gasteiger partial charge in [-0.25, -0.2) is 0 Å². The molecule has 0 radical (unpaired) electrons. The number of carbonyl (C=O) groups excluding carboxylic acids is 2. The van der Waals surface area contributed by atoms with Gasteiger partial charge in [0.1, 0.15) is 5.75 Å². The third-order valence-corrected chi connectivity index (χ3v) is 4.25. The number of rotatable bonds is 4. The zero-order chi connectivity index (χ0) is 15.7. The van der Waals surface area contributed by atoms with Gasteiger partial charge in [-0.05, 0) is 18.6 Å². The number of methoxy groups -OCH3 is 1. The Hall–Kier alpha value is -1.92. The van der Waals surface area contributed by atoms with Crippen molar-refractivity contribution in [3.8, 4) is 5.75 Å². The van der Waals surface area contributed by atoms with Gasteiger partial charge >= 0.3 is 0 Å². The van der Waals surface area contributed by atoms with Gasteiger partial charge in [0.05, 0.1) is 31.6 Å². The van der Waals surface area contributed by atoms with E-state index >= 15 is 0 Å². The van der Waals surface area contributed by atoms with Gasteiger partial charge in [-0.1, -0.05) is 6.07 Å². The van der Waals surface area contributed by atoms with Crippen LogP contribution in [0.5, 0.6) is 5.75 Å². The molecule has 6 nitrogen and oxygen atoms in total. The zero-order valence-electron chi connectivity index (χ0n) is 12.9.